The summed E-state index contributed by atoms with van der Waals surface area (Å²) in [4.78, 5) is 20.9. The van der Waals surface area contributed by atoms with Gasteiger partial charge in [0.2, 0.25) is 0 Å². The minimum Gasteiger partial charge on any atom is -0.395 e. The lowest BCUT2D eigenvalue weighted by Crippen LogP contribution is -2.47. The summed E-state index contributed by atoms with van der Waals surface area (Å²) in [6.07, 6.45) is 0.977. The van der Waals surface area contributed by atoms with E-state index < -0.39 is 0 Å². The van der Waals surface area contributed by atoms with Crippen LogP contribution in [-0.4, -0.2) is 73.1 Å². The van der Waals surface area contributed by atoms with Gasteiger partial charge in [-0.2, -0.15) is 0 Å². The molecule has 5 nitrogen and oxygen atoms in total. The van der Waals surface area contributed by atoms with Crippen LogP contribution < -0.4 is 4.90 Å². The summed E-state index contributed by atoms with van der Waals surface area (Å²) in [7, 11) is 0. The van der Waals surface area contributed by atoms with Crippen molar-refractivity contribution < 1.29 is 14.3 Å². The van der Waals surface area contributed by atoms with Crippen LogP contribution in [-0.2, 0) is 0 Å². The topological polar surface area (TPSA) is 47.0 Å². The van der Waals surface area contributed by atoms with Gasteiger partial charge in [-0.3, -0.25) is 9.69 Å². The SMILES string of the molecule is CC(=O)c1ccc2c(c1)N(CCCN1CCN(CCO)CC1)c1ccc(F)cc1S2. The Morgan fingerprint density at radius 3 is 2.40 bits per heavy atom. The number of halogens is 1. The lowest BCUT2D eigenvalue weighted by Gasteiger charge is -2.36. The molecule has 2 aliphatic heterocycles. The molecule has 0 aliphatic carbocycles. The van der Waals surface area contributed by atoms with Crippen molar-refractivity contribution >= 4 is 28.9 Å². The lowest BCUT2D eigenvalue weighted by atomic mass is 10.1. The van der Waals surface area contributed by atoms with Gasteiger partial charge >= 0.3 is 0 Å². The monoisotopic (exact) mass is 429 g/mol. The number of ketones is 1. The van der Waals surface area contributed by atoms with E-state index in [2.05, 4.69) is 14.7 Å². The molecule has 7 heteroatoms. The number of benzene rings is 2. The fourth-order valence-corrected chi connectivity index (χ4v) is 5.25. The van der Waals surface area contributed by atoms with Crippen molar-refractivity contribution in [3.63, 3.8) is 0 Å². The van der Waals surface area contributed by atoms with Gasteiger partial charge in [-0.05, 0) is 50.2 Å². The van der Waals surface area contributed by atoms with E-state index >= 15 is 0 Å². The molecule has 30 heavy (non-hydrogen) atoms. The van der Waals surface area contributed by atoms with Gasteiger partial charge in [-0.15, -0.1) is 0 Å². The highest BCUT2D eigenvalue weighted by Gasteiger charge is 2.25. The Bertz CT molecular complexity index is 915. The normalized spacial score (nSPS) is 17.0. The Morgan fingerprint density at radius 1 is 0.967 bits per heavy atom. The average Bonchev–Trinajstić information content (AvgIpc) is 2.74. The van der Waals surface area contributed by atoms with E-state index in [1.807, 2.05) is 24.3 Å². The molecule has 0 unspecified atom stereocenters. The summed E-state index contributed by atoms with van der Waals surface area (Å²) in [5.74, 6) is -0.181. The fourth-order valence-electron chi connectivity index (χ4n) is 4.15. The summed E-state index contributed by atoms with van der Waals surface area (Å²) in [6.45, 7) is 8.38. The highest BCUT2D eigenvalue weighted by Crippen LogP contribution is 2.48. The molecule has 2 heterocycles. The van der Waals surface area contributed by atoms with E-state index in [-0.39, 0.29) is 18.2 Å². The highest BCUT2D eigenvalue weighted by atomic mass is 32.2. The van der Waals surface area contributed by atoms with E-state index in [1.54, 1.807) is 24.8 Å². The lowest BCUT2D eigenvalue weighted by molar-refractivity contribution is 0.101. The number of hydrogen-bond donors (Lipinski definition) is 1. The number of hydrogen-bond acceptors (Lipinski definition) is 6. The largest absolute Gasteiger partial charge is 0.395 e. The maximum absolute atomic E-state index is 13.8. The number of β-amino-alcohol motifs (C(OH)–C–C–N with tert-alkyl or cyclic N) is 1. The Kier molecular flexibility index (Phi) is 6.73. The Hall–Kier alpha value is -1.93. The number of piperazine rings is 1. The van der Waals surface area contributed by atoms with Crippen molar-refractivity contribution in [2.75, 3.05) is 57.3 Å². The van der Waals surface area contributed by atoms with Gasteiger partial charge in [0.25, 0.3) is 0 Å². The number of aliphatic hydroxyl groups is 1. The number of nitrogens with zero attached hydrogens (tertiary/aromatic N) is 3. The van der Waals surface area contributed by atoms with Crippen LogP contribution in [0.5, 0.6) is 0 Å². The van der Waals surface area contributed by atoms with Crippen LogP contribution >= 0.6 is 11.8 Å². The van der Waals surface area contributed by atoms with E-state index in [1.165, 1.54) is 6.07 Å². The summed E-state index contributed by atoms with van der Waals surface area (Å²) in [6, 6.07) is 10.7. The average molecular weight is 430 g/mol. The molecular weight excluding hydrogens is 401 g/mol. The third-order valence-electron chi connectivity index (χ3n) is 5.83. The van der Waals surface area contributed by atoms with E-state index in [9.17, 15) is 9.18 Å². The molecule has 0 radical (unpaired) electrons. The zero-order chi connectivity index (χ0) is 21.1. The standard InChI is InChI=1S/C23H28FN3O2S/c1-17(29)18-3-6-22-21(15-18)27(20-5-4-19(24)16-23(20)30-22)8-2-7-25-9-11-26(12-10-25)13-14-28/h3-6,15-16,28H,2,7-14H2,1H3. The molecular formula is C23H28FN3O2S. The first-order chi connectivity index (χ1) is 14.5. The number of carbonyl (C=O) groups is 1. The molecule has 0 amide bonds. The van der Waals surface area contributed by atoms with Gasteiger partial charge in [0.15, 0.2) is 5.78 Å². The first-order valence-corrected chi connectivity index (χ1v) is 11.3. The molecule has 2 aliphatic rings. The highest BCUT2D eigenvalue weighted by molar-refractivity contribution is 7.99. The Morgan fingerprint density at radius 2 is 1.70 bits per heavy atom. The second-order valence-corrected chi connectivity index (χ2v) is 8.95. The predicted molar refractivity (Wildman–Crippen MR) is 119 cm³/mol. The fraction of sp³-hybridized carbons (Fsp3) is 0.435. The van der Waals surface area contributed by atoms with Crippen molar-refractivity contribution in [1.29, 1.82) is 0 Å². The Labute approximate surface area is 181 Å². The Balaban J connectivity index is 1.48. The van der Waals surface area contributed by atoms with Gasteiger partial charge in [-0.25, -0.2) is 4.39 Å². The van der Waals surface area contributed by atoms with Crippen LogP contribution in [0.3, 0.4) is 0 Å². The quantitative estimate of drug-likeness (QED) is 0.679. The second-order valence-electron chi connectivity index (χ2n) is 7.86. The van der Waals surface area contributed by atoms with Crippen LogP contribution in [0.15, 0.2) is 46.2 Å². The van der Waals surface area contributed by atoms with Crippen molar-refractivity contribution in [3.8, 4) is 0 Å². The number of carbonyl (C=O) groups excluding carboxylic acids is 1. The van der Waals surface area contributed by atoms with Crippen molar-refractivity contribution in [2.24, 2.45) is 0 Å². The smallest absolute Gasteiger partial charge is 0.159 e. The van der Waals surface area contributed by atoms with Gasteiger partial charge < -0.3 is 14.9 Å². The van der Waals surface area contributed by atoms with Gasteiger partial charge in [0.1, 0.15) is 5.82 Å². The zero-order valence-electron chi connectivity index (χ0n) is 17.3. The molecule has 0 bridgehead atoms. The molecule has 1 fully saturated rings. The number of anilines is 2. The molecule has 0 spiro atoms. The van der Waals surface area contributed by atoms with Gasteiger partial charge in [0.05, 0.1) is 18.0 Å². The maximum atomic E-state index is 13.8. The van der Waals surface area contributed by atoms with Crippen LogP contribution in [0.4, 0.5) is 15.8 Å². The molecule has 4 rings (SSSR count). The minimum atomic E-state index is -0.231. The molecule has 0 aromatic heterocycles. The van der Waals surface area contributed by atoms with Crippen molar-refractivity contribution in [3.05, 3.63) is 47.8 Å². The number of rotatable bonds is 7. The first-order valence-electron chi connectivity index (χ1n) is 10.5. The predicted octanol–water partition coefficient (Wildman–Crippen LogP) is 3.63. The summed E-state index contributed by atoms with van der Waals surface area (Å²) >= 11 is 1.56. The van der Waals surface area contributed by atoms with E-state index in [0.717, 1.165) is 73.4 Å². The van der Waals surface area contributed by atoms with Crippen LogP contribution in [0.25, 0.3) is 0 Å². The van der Waals surface area contributed by atoms with Crippen LogP contribution in [0.2, 0.25) is 0 Å². The van der Waals surface area contributed by atoms with Crippen molar-refractivity contribution in [2.45, 2.75) is 23.1 Å². The molecule has 160 valence electrons. The zero-order valence-corrected chi connectivity index (χ0v) is 18.1. The van der Waals surface area contributed by atoms with E-state index in [4.69, 9.17) is 5.11 Å². The van der Waals surface area contributed by atoms with Gasteiger partial charge in [0, 0.05) is 54.6 Å². The summed E-state index contributed by atoms with van der Waals surface area (Å²) in [5, 5.41) is 9.09. The molecule has 0 saturated carbocycles. The molecule has 0 atom stereocenters. The molecule has 2 aromatic rings. The number of aliphatic hydroxyl groups excluding tert-OH is 1. The minimum absolute atomic E-state index is 0.0494. The number of fused-ring (bicyclic) bond motifs is 2. The van der Waals surface area contributed by atoms with E-state index in [0.29, 0.717) is 5.56 Å². The second kappa shape index (κ2) is 9.47. The molecule has 1 N–H and O–H groups in total. The van der Waals surface area contributed by atoms with Crippen LogP contribution in [0.1, 0.15) is 23.7 Å². The number of Topliss-reactive ketones (excluding diaryl/α,β-unsaturated/α-hetero) is 1. The third kappa shape index (κ3) is 4.70. The third-order valence-corrected chi connectivity index (χ3v) is 6.94. The molecule has 1 saturated heterocycles. The maximum Gasteiger partial charge on any atom is 0.159 e. The van der Waals surface area contributed by atoms with Gasteiger partial charge in [-0.1, -0.05) is 17.8 Å². The van der Waals surface area contributed by atoms with Crippen molar-refractivity contribution in [1.82, 2.24) is 9.80 Å². The first kappa shape index (κ1) is 21.3. The molecule has 2 aromatic carbocycles. The van der Waals surface area contributed by atoms with Crippen LogP contribution in [0, 0.1) is 5.82 Å². The summed E-state index contributed by atoms with van der Waals surface area (Å²) < 4.78 is 13.8. The summed E-state index contributed by atoms with van der Waals surface area (Å²) in [5.41, 5.74) is 2.73.